The highest BCUT2D eigenvalue weighted by Gasteiger charge is 1.98. The average Bonchev–Trinajstić information content (AvgIpc) is 2.11. The number of hydrogen-bond acceptors (Lipinski definition) is 2. The summed E-state index contributed by atoms with van der Waals surface area (Å²) in [5.74, 6) is 4.92. The summed E-state index contributed by atoms with van der Waals surface area (Å²) < 4.78 is 13.0. The molecule has 0 amide bonds. The molecule has 0 fully saturated rings. The van der Waals surface area contributed by atoms with E-state index in [4.69, 9.17) is 5.11 Å². The van der Waals surface area contributed by atoms with Crippen molar-refractivity contribution in [2.75, 3.05) is 13.6 Å². The van der Waals surface area contributed by atoms with Crippen LogP contribution in [0.5, 0.6) is 5.75 Å². The van der Waals surface area contributed by atoms with Gasteiger partial charge >= 0.3 is 0 Å². The molecule has 1 aromatic carbocycles. The van der Waals surface area contributed by atoms with Crippen LogP contribution >= 0.6 is 0 Å². The molecule has 0 aliphatic carbocycles. The number of phenolic OH excluding ortho intramolecular Hbond substituents is 1. The van der Waals surface area contributed by atoms with E-state index < -0.39 is 5.82 Å². The normalized spacial score (nSPS) is 9.08. The van der Waals surface area contributed by atoms with E-state index in [9.17, 15) is 4.39 Å². The number of rotatable bonds is 1. The smallest absolute Gasteiger partial charge is 0.139 e. The SMILES string of the molecule is CNCC#Cc1cc(O)ccc1F. The van der Waals surface area contributed by atoms with Crippen LogP contribution in [0.2, 0.25) is 0 Å². The van der Waals surface area contributed by atoms with Crippen molar-refractivity contribution < 1.29 is 9.50 Å². The lowest BCUT2D eigenvalue weighted by Gasteiger charge is -1.94. The molecule has 0 heterocycles. The quantitative estimate of drug-likeness (QED) is 0.633. The Morgan fingerprint density at radius 2 is 2.31 bits per heavy atom. The third kappa shape index (κ3) is 2.77. The molecule has 0 spiro atoms. The van der Waals surface area contributed by atoms with Gasteiger partial charge in [0.1, 0.15) is 11.6 Å². The maximum absolute atomic E-state index is 13.0. The van der Waals surface area contributed by atoms with Gasteiger partial charge in [0.25, 0.3) is 0 Å². The summed E-state index contributed by atoms with van der Waals surface area (Å²) in [6, 6.07) is 3.79. The predicted octanol–water partition coefficient (Wildman–Crippen LogP) is 1.10. The van der Waals surface area contributed by atoms with E-state index in [1.807, 2.05) is 0 Å². The fraction of sp³-hybridized carbons (Fsp3) is 0.200. The van der Waals surface area contributed by atoms with E-state index in [1.54, 1.807) is 7.05 Å². The summed E-state index contributed by atoms with van der Waals surface area (Å²) in [6.45, 7) is 0.495. The molecule has 3 heteroatoms. The van der Waals surface area contributed by atoms with Gasteiger partial charge in [-0.3, -0.25) is 0 Å². The summed E-state index contributed by atoms with van der Waals surface area (Å²) in [5, 5.41) is 11.9. The second kappa shape index (κ2) is 4.48. The van der Waals surface area contributed by atoms with Gasteiger partial charge in [-0.2, -0.15) is 0 Å². The Bertz CT molecular complexity index is 352. The zero-order valence-electron chi connectivity index (χ0n) is 7.26. The highest BCUT2D eigenvalue weighted by Crippen LogP contribution is 2.13. The lowest BCUT2D eigenvalue weighted by Crippen LogP contribution is -2.04. The third-order valence-electron chi connectivity index (χ3n) is 1.44. The molecule has 0 unspecified atom stereocenters. The monoisotopic (exact) mass is 179 g/mol. The second-order valence-corrected chi connectivity index (χ2v) is 2.50. The molecule has 0 aliphatic heterocycles. The van der Waals surface area contributed by atoms with Crippen LogP contribution in [0.1, 0.15) is 5.56 Å². The van der Waals surface area contributed by atoms with Crippen LogP contribution in [0.3, 0.4) is 0 Å². The molecule has 0 saturated heterocycles. The molecule has 1 aromatic rings. The van der Waals surface area contributed by atoms with Crippen molar-refractivity contribution in [1.82, 2.24) is 5.32 Å². The van der Waals surface area contributed by atoms with Crippen molar-refractivity contribution in [3.8, 4) is 17.6 Å². The Kier molecular flexibility index (Phi) is 3.30. The maximum Gasteiger partial charge on any atom is 0.139 e. The molecule has 0 aliphatic rings. The van der Waals surface area contributed by atoms with E-state index in [0.29, 0.717) is 6.54 Å². The van der Waals surface area contributed by atoms with Crippen LogP contribution in [-0.4, -0.2) is 18.7 Å². The largest absolute Gasteiger partial charge is 0.508 e. The molecule has 13 heavy (non-hydrogen) atoms. The minimum atomic E-state index is -0.415. The lowest BCUT2D eigenvalue weighted by molar-refractivity contribution is 0.472. The van der Waals surface area contributed by atoms with Gasteiger partial charge < -0.3 is 10.4 Å². The Morgan fingerprint density at radius 1 is 1.54 bits per heavy atom. The number of aromatic hydroxyl groups is 1. The fourth-order valence-electron chi connectivity index (χ4n) is 0.837. The first kappa shape index (κ1) is 9.56. The summed E-state index contributed by atoms with van der Waals surface area (Å²) in [5.41, 5.74) is 0.218. The first-order chi connectivity index (χ1) is 6.24. The highest BCUT2D eigenvalue weighted by molar-refractivity contribution is 5.40. The molecule has 2 nitrogen and oxygen atoms in total. The summed E-state index contributed by atoms with van der Waals surface area (Å²) >= 11 is 0. The summed E-state index contributed by atoms with van der Waals surface area (Å²) in [6.07, 6.45) is 0. The number of hydrogen-bond donors (Lipinski definition) is 2. The minimum Gasteiger partial charge on any atom is -0.508 e. The van der Waals surface area contributed by atoms with Gasteiger partial charge in [-0.1, -0.05) is 11.8 Å². The van der Waals surface area contributed by atoms with E-state index in [1.165, 1.54) is 18.2 Å². The topological polar surface area (TPSA) is 32.3 Å². The molecule has 0 saturated carbocycles. The molecule has 2 N–H and O–H groups in total. The van der Waals surface area contributed by atoms with Crippen molar-refractivity contribution >= 4 is 0 Å². The Hall–Kier alpha value is -1.53. The number of benzene rings is 1. The van der Waals surface area contributed by atoms with Gasteiger partial charge in [0.05, 0.1) is 12.1 Å². The molecule has 68 valence electrons. The summed E-state index contributed by atoms with van der Waals surface area (Å²) in [7, 11) is 1.76. The third-order valence-corrected chi connectivity index (χ3v) is 1.44. The predicted molar refractivity (Wildman–Crippen MR) is 48.9 cm³/mol. The maximum atomic E-state index is 13.0. The second-order valence-electron chi connectivity index (χ2n) is 2.50. The van der Waals surface area contributed by atoms with Crippen LogP contribution in [0.15, 0.2) is 18.2 Å². The molecule has 0 bridgehead atoms. The number of halogens is 1. The standard InChI is InChI=1S/C10H10FNO/c1-12-6-2-3-8-7-9(13)4-5-10(8)11/h4-5,7,12-13H,6H2,1H3. The minimum absolute atomic E-state index is 0.0233. The van der Waals surface area contributed by atoms with Crippen LogP contribution in [0, 0.1) is 17.7 Å². The van der Waals surface area contributed by atoms with Gasteiger partial charge in [-0.05, 0) is 25.2 Å². The van der Waals surface area contributed by atoms with E-state index in [0.717, 1.165) is 0 Å². The van der Waals surface area contributed by atoms with Gasteiger partial charge in [0.15, 0.2) is 0 Å². The van der Waals surface area contributed by atoms with Gasteiger partial charge in [-0.15, -0.1) is 0 Å². The number of nitrogens with one attached hydrogen (secondary N) is 1. The lowest BCUT2D eigenvalue weighted by atomic mass is 10.2. The Morgan fingerprint density at radius 3 is 3.00 bits per heavy atom. The summed E-state index contributed by atoms with van der Waals surface area (Å²) in [4.78, 5) is 0. The molecule has 0 radical (unpaired) electrons. The Labute approximate surface area is 76.4 Å². The van der Waals surface area contributed by atoms with Crippen molar-refractivity contribution in [2.24, 2.45) is 0 Å². The van der Waals surface area contributed by atoms with Crippen LogP contribution in [0.25, 0.3) is 0 Å². The highest BCUT2D eigenvalue weighted by atomic mass is 19.1. The first-order valence-electron chi connectivity index (χ1n) is 3.86. The zero-order valence-corrected chi connectivity index (χ0v) is 7.26. The van der Waals surface area contributed by atoms with E-state index in [-0.39, 0.29) is 11.3 Å². The van der Waals surface area contributed by atoms with Gasteiger partial charge in [0.2, 0.25) is 0 Å². The Balaban J connectivity index is 2.89. The van der Waals surface area contributed by atoms with E-state index >= 15 is 0 Å². The zero-order chi connectivity index (χ0) is 9.68. The average molecular weight is 179 g/mol. The first-order valence-corrected chi connectivity index (χ1v) is 3.86. The van der Waals surface area contributed by atoms with Crippen molar-refractivity contribution in [3.63, 3.8) is 0 Å². The van der Waals surface area contributed by atoms with Crippen molar-refractivity contribution in [3.05, 3.63) is 29.6 Å². The van der Waals surface area contributed by atoms with Crippen LogP contribution in [0.4, 0.5) is 4.39 Å². The number of phenols is 1. The molecule has 1 rings (SSSR count). The molecular weight excluding hydrogens is 169 g/mol. The molecular formula is C10H10FNO. The van der Waals surface area contributed by atoms with E-state index in [2.05, 4.69) is 17.2 Å². The molecule has 0 aromatic heterocycles. The van der Waals surface area contributed by atoms with Gasteiger partial charge in [-0.25, -0.2) is 4.39 Å². The van der Waals surface area contributed by atoms with Gasteiger partial charge in [0, 0.05) is 0 Å². The van der Waals surface area contributed by atoms with Crippen molar-refractivity contribution in [2.45, 2.75) is 0 Å². The van der Waals surface area contributed by atoms with Crippen LogP contribution < -0.4 is 5.32 Å². The van der Waals surface area contributed by atoms with Crippen LogP contribution in [-0.2, 0) is 0 Å². The van der Waals surface area contributed by atoms with Crippen molar-refractivity contribution in [1.29, 1.82) is 0 Å². The fourth-order valence-corrected chi connectivity index (χ4v) is 0.837. The molecule has 0 atom stereocenters.